The standard InChI is InChI=1S/C58H38N2O2/c1-4-15-39(16-5-1)40-29-31-41(32-30-40)42-33-36-46(37-34-42)60(52-27-13-24-49-47-22-10-11-28-54(47)61-56(49)52)53-38-35-43-17-12-23-48-50-25-14-26-51(57(50)62-58(53)55(43)48)59(44-18-6-2-7-19-44)45-20-8-3-9-21-45/h1-38H. The average Bonchev–Trinajstić information content (AvgIpc) is 3.73. The van der Waals surface area contributed by atoms with Crippen LogP contribution in [0.4, 0.5) is 34.1 Å². The number of benzene rings is 10. The van der Waals surface area contributed by atoms with Crippen LogP contribution < -0.4 is 14.5 Å². The molecule has 0 N–H and O–H groups in total. The molecular formula is C58H38N2O2. The van der Waals surface area contributed by atoms with Crippen molar-refractivity contribution in [3.63, 3.8) is 0 Å². The Morgan fingerprint density at radius 2 is 0.823 bits per heavy atom. The molecule has 0 saturated carbocycles. The van der Waals surface area contributed by atoms with Gasteiger partial charge in [-0.1, -0.05) is 170 Å². The summed E-state index contributed by atoms with van der Waals surface area (Å²) in [7, 11) is 0. The molecule has 11 aromatic rings. The van der Waals surface area contributed by atoms with E-state index in [0.29, 0.717) is 0 Å². The summed E-state index contributed by atoms with van der Waals surface area (Å²) >= 11 is 0. The van der Waals surface area contributed by atoms with Crippen LogP contribution in [0.1, 0.15) is 0 Å². The highest BCUT2D eigenvalue weighted by Crippen LogP contribution is 2.57. The van der Waals surface area contributed by atoms with E-state index < -0.39 is 0 Å². The summed E-state index contributed by atoms with van der Waals surface area (Å²) in [5.74, 6) is 1.58. The lowest BCUT2D eigenvalue weighted by molar-refractivity contribution is 0.489. The number of para-hydroxylation sites is 5. The highest BCUT2D eigenvalue weighted by atomic mass is 16.5. The second-order valence-corrected chi connectivity index (χ2v) is 15.7. The van der Waals surface area contributed by atoms with Crippen LogP contribution in [-0.4, -0.2) is 0 Å². The highest BCUT2D eigenvalue weighted by Gasteiger charge is 2.31. The minimum atomic E-state index is 0.785. The second kappa shape index (κ2) is 14.7. The third-order valence-corrected chi connectivity index (χ3v) is 12.1. The Hall–Kier alpha value is -8.34. The summed E-state index contributed by atoms with van der Waals surface area (Å²) < 4.78 is 14.2. The molecule has 0 unspecified atom stereocenters. The van der Waals surface area contributed by atoms with Gasteiger partial charge in [0.2, 0.25) is 0 Å². The molecule has 0 spiro atoms. The van der Waals surface area contributed by atoms with Crippen molar-refractivity contribution in [2.45, 2.75) is 0 Å². The van der Waals surface area contributed by atoms with Crippen molar-refractivity contribution in [3.05, 3.63) is 231 Å². The molecule has 1 aliphatic heterocycles. The number of anilines is 6. The van der Waals surface area contributed by atoms with Crippen molar-refractivity contribution < 1.29 is 9.15 Å². The number of hydrogen-bond acceptors (Lipinski definition) is 4. The van der Waals surface area contributed by atoms with E-state index in [1.54, 1.807) is 0 Å². The molecule has 0 radical (unpaired) electrons. The van der Waals surface area contributed by atoms with Gasteiger partial charge >= 0.3 is 0 Å². The Morgan fingerprint density at radius 1 is 0.306 bits per heavy atom. The smallest absolute Gasteiger partial charge is 0.160 e. The van der Waals surface area contributed by atoms with E-state index in [9.17, 15) is 0 Å². The molecule has 0 bridgehead atoms. The first kappa shape index (κ1) is 35.6. The van der Waals surface area contributed by atoms with E-state index in [1.165, 1.54) is 11.1 Å². The minimum Gasteiger partial charge on any atom is -0.454 e. The first-order chi connectivity index (χ1) is 30.8. The summed E-state index contributed by atoms with van der Waals surface area (Å²) in [4.78, 5) is 4.59. The van der Waals surface area contributed by atoms with Gasteiger partial charge in [-0.3, -0.25) is 0 Å². The topological polar surface area (TPSA) is 28.9 Å². The monoisotopic (exact) mass is 794 g/mol. The quantitative estimate of drug-likeness (QED) is 0.153. The molecule has 0 fully saturated rings. The molecule has 292 valence electrons. The summed E-state index contributed by atoms with van der Waals surface area (Å²) in [6.45, 7) is 0. The summed E-state index contributed by atoms with van der Waals surface area (Å²) in [6, 6.07) is 81.3. The van der Waals surface area contributed by atoms with Crippen molar-refractivity contribution in [1.29, 1.82) is 0 Å². The fourth-order valence-electron chi connectivity index (χ4n) is 9.15. The van der Waals surface area contributed by atoms with Crippen LogP contribution in [0.5, 0.6) is 11.5 Å². The zero-order chi connectivity index (χ0) is 41.0. The minimum absolute atomic E-state index is 0.785. The molecule has 0 aliphatic carbocycles. The predicted molar refractivity (Wildman–Crippen MR) is 257 cm³/mol. The highest BCUT2D eigenvalue weighted by molar-refractivity contribution is 6.13. The molecule has 10 aromatic carbocycles. The van der Waals surface area contributed by atoms with Crippen molar-refractivity contribution in [2.24, 2.45) is 0 Å². The third-order valence-electron chi connectivity index (χ3n) is 12.1. The first-order valence-electron chi connectivity index (χ1n) is 21.0. The Labute approximate surface area is 359 Å². The fourth-order valence-corrected chi connectivity index (χ4v) is 9.15. The largest absolute Gasteiger partial charge is 0.454 e. The number of fused-ring (bicyclic) bond motifs is 5. The molecule has 4 nitrogen and oxygen atoms in total. The molecule has 1 aromatic heterocycles. The Kier molecular flexibility index (Phi) is 8.46. The van der Waals surface area contributed by atoms with Crippen LogP contribution in [0.2, 0.25) is 0 Å². The normalized spacial score (nSPS) is 11.7. The number of nitrogens with zero attached hydrogens (tertiary/aromatic N) is 2. The number of hydrogen-bond donors (Lipinski definition) is 0. The molecule has 0 saturated heterocycles. The van der Waals surface area contributed by atoms with Gasteiger partial charge in [-0.15, -0.1) is 0 Å². The molecule has 4 heteroatoms. The maximum absolute atomic E-state index is 7.46. The van der Waals surface area contributed by atoms with Crippen molar-refractivity contribution in [2.75, 3.05) is 9.80 Å². The van der Waals surface area contributed by atoms with E-state index in [0.717, 1.165) is 101 Å². The van der Waals surface area contributed by atoms with E-state index in [-0.39, 0.29) is 0 Å². The summed E-state index contributed by atoms with van der Waals surface area (Å²) in [5, 5.41) is 4.31. The van der Waals surface area contributed by atoms with Crippen LogP contribution >= 0.6 is 0 Å². The Bertz CT molecular complexity index is 3380. The zero-order valence-corrected chi connectivity index (χ0v) is 33.7. The van der Waals surface area contributed by atoms with E-state index >= 15 is 0 Å². The second-order valence-electron chi connectivity index (χ2n) is 15.7. The number of rotatable bonds is 8. The lowest BCUT2D eigenvalue weighted by Gasteiger charge is -2.33. The van der Waals surface area contributed by atoms with Crippen LogP contribution in [0.25, 0.3) is 66.1 Å². The van der Waals surface area contributed by atoms with Gasteiger partial charge in [-0.05, 0) is 93.9 Å². The third kappa shape index (κ3) is 5.92. The van der Waals surface area contributed by atoms with Gasteiger partial charge in [0, 0.05) is 38.8 Å². The maximum atomic E-state index is 7.46. The van der Waals surface area contributed by atoms with Crippen molar-refractivity contribution in [3.8, 4) is 44.9 Å². The lowest BCUT2D eigenvalue weighted by atomic mass is 9.93. The van der Waals surface area contributed by atoms with Gasteiger partial charge < -0.3 is 19.0 Å². The molecule has 2 heterocycles. The van der Waals surface area contributed by atoms with Crippen LogP contribution in [0, 0.1) is 0 Å². The van der Waals surface area contributed by atoms with Gasteiger partial charge in [-0.2, -0.15) is 0 Å². The van der Waals surface area contributed by atoms with Gasteiger partial charge in [0.1, 0.15) is 5.58 Å². The molecule has 1 aliphatic rings. The Balaban J connectivity index is 1.05. The number of ether oxygens (including phenoxy) is 1. The van der Waals surface area contributed by atoms with Crippen molar-refractivity contribution in [1.82, 2.24) is 0 Å². The molecule has 0 atom stereocenters. The van der Waals surface area contributed by atoms with Gasteiger partial charge in [0.25, 0.3) is 0 Å². The van der Waals surface area contributed by atoms with E-state index in [4.69, 9.17) is 9.15 Å². The molecule has 12 rings (SSSR count). The molecular weight excluding hydrogens is 757 g/mol. The zero-order valence-electron chi connectivity index (χ0n) is 33.7. The summed E-state index contributed by atoms with van der Waals surface area (Å²) in [5.41, 5.74) is 14.4. The summed E-state index contributed by atoms with van der Waals surface area (Å²) in [6.07, 6.45) is 0. The van der Waals surface area contributed by atoms with Gasteiger partial charge in [0.15, 0.2) is 17.1 Å². The molecule has 62 heavy (non-hydrogen) atoms. The average molecular weight is 795 g/mol. The van der Waals surface area contributed by atoms with Crippen LogP contribution in [0.3, 0.4) is 0 Å². The van der Waals surface area contributed by atoms with E-state index in [2.05, 4.69) is 228 Å². The van der Waals surface area contributed by atoms with Crippen LogP contribution in [0.15, 0.2) is 235 Å². The lowest BCUT2D eigenvalue weighted by Crippen LogP contribution is -2.14. The van der Waals surface area contributed by atoms with Crippen molar-refractivity contribution >= 4 is 66.8 Å². The van der Waals surface area contributed by atoms with Gasteiger partial charge in [0.05, 0.1) is 17.1 Å². The predicted octanol–water partition coefficient (Wildman–Crippen LogP) is 16.8. The fraction of sp³-hybridized carbons (Fsp3) is 0. The van der Waals surface area contributed by atoms with Gasteiger partial charge in [-0.25, -0.2) is 0 Å². The first-order valence-corrected chi connectivity index (χ1v) is 21.0. The molecule has 0 amide bonds. The van der Waals surface area contributed by atoms with Crippen LogP contribution in [-0.2, 0) is 0 Å². The SMILES string of the molecule is c1ccc(-c2ccc(-c3ccc(N(c4ccc5cccc6c5c4Oc4c-6cccc4N(c4ccccc4)c4ccccc4)c4cccc5c4oc4ccccc45)cc3)cc2)cc1. The van der Waals surface area contributed by atoms with E-state index in [1.807, 2.05) is 12.1 Å². The Morgan fingerprint density at radius 3 is 1.53 bits per heavy atom. The number of furan rings is 1. The maximum Gasteiger partial charge on any atom is 0.160 e.